The predicted octanol–water partition coefficient (Wildman–Crippen LogP) is 6.35. The smallest absolute Gasteiger partial charge is 0.235 e. The van der Waals surface area contributed by atoms with Crippen molar-refractivity contribution in [2.45, 2.75) is 26.0 Å². The van der Waals surface area contributed by atoms with E-state index in [0.717, 1.165) is 37.3 Å². The Balaban J connectivity index is 1.03. The molecule has 1 fully saturated rings. The third-order valence-corrected chi connectivity index (χ3v) is 8.05. The first-order chi connectivity index (χ1) is 21.4. The van der Waals surface area contributed by atoms with Crippen molar-refractivity contribution < 1.29 is 19.0 Å². The Bertz CT molecular complexity index is 1690. The van der Waals surface area contributed by atoms with Crippen molar-refractivity contribution in [3.05, 3.63) is 136 Å². The van der Waals surface area contributed by atoms with Crippen molar-refractivity contribution in [3.8, 4) is 17.2 Å². The Kier molecular flexibility index (Phi) is 9.07. The molecule has 1 aliphatic heterocycles. The molecular formula is C37H38N2O5. The number of aliphatic hydroxyl groups is 1. The molecule has 0 aliphatic carbocycles. The SMILES string of the molecule is Cc1cc(C)cc(Oc2coc3cc(OCC(O)CN4CCN(C(c5ccccc5)c5ccccc5)CC4)ccc3c2=O)c1. The molecule has 0 spiro atoms. The minimum atomic E-state index is -0.656. The number of ether oxygens (including phenoxy) is 2. The van der Waals surface area contributed by atoms with Crippen molar-refractivity contribution in [2.24, 2.45) is 0 Å². The maximum Gasteiger partial charge on any atom is 0.235 e. The Labute approximate surface area is 257 Å². The van der Waals surface area contributed by atoms with Crippen LogP contribution < -0.4 is 14.9 Å². The zero-order valence-corrected chi connectivity index (χ0v) is 25.2. The Hall–Kier alpha value is -4.43. The van der Waals surface area contributed by atoms with Gasteiger partial charge in [-0.15, -0.1) is 0 Å². The first kappa shape index (κ1) is 29.6. The van der Waals surface area contributed by atoms with Crippen LogP contribution in [0.2, 0.25) is 0 Å². The molecule has 2 heterocycles. The number of nitrogens with zero attached hydrogens (tertiary/aromatic N) is 2. The summed E-state index contributed by atoms with van der Waals surface area (Å²) in [5, 5.41) is 11.2. The Morgan fingerprint density at radius 1 is 0.795 bits per heavy atom. The van der Waals surface area contributed by atoms with Gasteiger partial charge in [0.2, 0.25) is 11.2 Å². The fraction of sp³-hybridized carbons (Fsp3) is 0.270. The molecule has 0 amide bonds. The molecular weight excluding hydrogens is 552 g/mol. The quantitative estimate of drug-likeness (QED) is 0.203. The molecule has 7 nitrogen and oxygen atoms in total. The van der Waals surface area contributed by atoms with Crippen LogP contribution in [0, 0.1) is 13.8 Å². The molecule has 0 saturated carbocycles. The normalized spacial score (nSPS) is 15.0. The van der Waals surface area contributed by atoms with Gasteiger partial charge in [0.05, 0.1) is 11.4 Å². The maximum absolute atomic E-state index is 13.1. The molecule has 7 heteroatoms. The highest BCUT2D eigenvalue weighted by Gasteiger charge is 2.27. The van der Waals surface area contributed by atoms with Crippen LogP contribution in [0.3, 0.4) is 0 Å². The lowest BCUT2D eigenvalue weighted by molar-refractivity contribution is 0.0401. The predicted molar refractivity (Wildman–Crippen MR) is 173 cm³/mol. The lowest BCUT2D eigenvalue weighted by atomic mass is 9.96. The summed E-state index contributed by atoms with van der Waals surface area (Å²) in [6.45, 7) is 8.16. The number of rotatable bonds is 10. The lowest BCUT2D eigenvalue weighted by Crippen LogP contribution is -2.50. The number of benzene rings is 4. The number of aryl methyl sites for hydroxylation is 2. The van der Waals surface area contributed by atoms with Gasteiger partial charge in [-0.25, -0.2) is 0 Å². The van der Waals surface area contributed by atoms with E-state index in [4.69, 9.17) is 13.9 Å². The van der Waals surface area contributed by atoms with Gasteiger partial charge >= 0.3 is 0 Å². The van der Waals surface area contributed by atoms with E-state index in [9.17, 15) is 9.90 Å². The molecule has 226 valence electrons. The average Bonchev–Trinajstić information content (AvgIpc) is 3.03. The van der Waals surface area contributed by atoms with Gasteiger partial charge in [0.1, 0.15) is 36.1 Å². The van der Waals surface area contributed by atoms with Gasteiger partial charge in [-0.05, 0) is 60.4 Å². The molecule has 4 aromatic carbocycles. The van der Waals surface area contributed by atoms with Gasteiger partial charge < -0.3 is 19.0 Å². The van der Waals surface area contributed by atoms with E-state index in [-0.39, 0.29) is 23.8 Å². The molecule has 0 bridgehead atoms. The monoisotopic (exact) mass is 590 g/mol. The summed E-state index contributed by atoms with van der Waals surface area (Å²) in [6, 6.07) is 32.4. The highest BCUT2D eigenvalue weighted by molar-refractivity contribution is 5.79. The van der Waals surface area contributed by atoms with Crippen molar-refractivity contribution in [1.29, 1.82) is 0 Å². The van der Waals surface area contributed by atoms with Crippen molar-refractivity contribution in [3.63, 3.8) is 0 Å². The highest BCUT2D eigenvalue weighted by atomic mass is 16.5. The molecule has 1 unspecified atom stereocenters. The van der Waals surface area contributed by atoms with Crippen molar-refractivity contribution in [1.82, 2.24) is 9.80 Å². The third-order valence-electron chi connectivity index (χ3n) is 8.05. The van der Waals surface area contributed by atoms with Gasteiger partial charge in [-0.3, -0.25) is 14.6 Å². The molecule has 1 aromatic heterocycles. The lowest BCUT2D eigenvalue weighted by Gasteiger charge is -2.40. The number of hydrogen-bond donors (Lipinski definition) is 1. The summed E-state index contributed by atoms with van der Waals surface area (Å²) in [5.41, 5.74) is 4.83. The van der Waals surface area contributed by atoms with E-state index in [1.165, 1.54) is 17.4 Å². The summed E-state index contributed by atoms with van der Waals surface area (Å²) >= 11 is 0. The van der Waals surface area contributed by atoms with E-state index in [0.29, 0.717) is 29.0 Å². The Morgan fingerprint density at radius 3 is 2.07 bits per heavy atom. The number of piperazine rings is 1. The summed E-state index contributed by atoms with van der Waals surface area (Å²) < 4.78 is 17.5. The number of fused-ring (bicyclic) bond motifs is 1. The van der Waals surface area contributed by atoms with Gasteiger partial charge in [0, 0.05) is 38.8 Å². The molecule has 0 radical (unpaired) electrons. The number of aliphatic hydroxyl groups excluding tert-OH is 1. The van der Waals surface area contributed by atoms with E-state index in [1.807, 2.05) is 32.0 Å². The average molecular weight is 591 g/mol. The van der Waals surface area contributed by atoms with Crippen LogP contribution in [0.15, 0.2) is 113 Å². The second-order valence-corrected chi connectivity index (χ2v) is 11.5. The topological polar surface area (TPSA) is 75.4 Å². The molecule has 6 rings (SSSR count). The summed E-state index contributed by atoms with van der Waals surface area (Å²) in [7, 11) is 0. The molecule has 1 saturated heterocycles. The number of β-amino-alcohol motifs (C(OH)–C–C–N with tert-alkyl or cyclic N) is 1. The van der Waals surface area contributed by atoms with Gasteiger partial charge in [0.25, 0.3) is 0 Å². The largest absolute Gasteiger partial charge is 0.491 e. The molecule has 1 N–H and O–H groups in total. The summed E-state index contributed by atoms with van der Waals surface area (Å²) in [5.74, 6) is 1.25. The van der Waals surface area contributed by atoms with Gasteiger partial charge in [-0.2, -0.15) is 0 Å². The fourth-order valence-electron chi connectivity index (χ4n) is 6.00. The van der Waals surface area contributed by atoms with Crippen molar-refractivity contribution >= 4 is 11.0 Å². The summed E-state index contributed by atoms with van der Waals surface area (Å²) in [6.07, 6.45) is 0.678. The molecule has 1 aliphatic rings. The zero-order chi connectivity index (χ0) is 30.5. The second-order valence-electron chi connectivity index (χ2n) is 11.5. The van der Waals surface area contributed by atoms with Crippen LogP contribution in [-0.2, 0) is 0 Å². The molecule has 44 heavy (non-hydrogen) atoms. The van der Waals surface area contributed by atoms with Crippen LogP contribution in [-0.4, -0.2) is 60.3 Å². The van der Waals surface area contributed by atoms with Crippen LogP contribution in [0.1, 0.15) is 28.3 Å². The molecule has 5 aromatic rings. The van der Waals surface area contributed by atoms with E-state index in [2.05, 4.69) is 70.5 Å². The standard InChI is InChI=1S/C37H38N2O5/c1-26-19-27(2)21-32(20-26)44-35-25-43-34-22-31(13-14-33(34)37(35)41)42-24-30(40)23-38-15-17-39(18-16-38)36(28-9-5-3-6-10-28)29-11-7-4-8-12-29/h3-14,19-22,25,30,36,40H,15-18,23-24H2,1-2H3. The highest BCUT2D eigenvalue weighted by Crippen LogP contribution is 2.30. The van der Waals surface area contributed by atoms with Gasteiger partial charge in [0.15, 0.2) is 0 Å². The van der Waals surface area contributed by atoms with Crippen LogP contribution in [0.25, 0.3) is 11.0 Å². The minimum Gasteiger partial charge on any atom is -0.491 e. The van der Waals surface area contributed by atoms with E-state index >= 15 is 0 Å². The molecule has 1 atom stereocenters. The summed E-state index contributed by atoms with van der Waals surface area (Å²) in [4.78, 5) is 17.9. The van der Waals surface area contributed by atoms with Crippen LogP contribution in [0.4, 0.5) is 0 Å². The third kappa shape index (κ3) is 7.03. The van der Waals surface area contributed by atoms with E-state index < -0.39 is 6.10 Å². The van der Waals surface area contributed by atoms with Crippen LogP contribution >= 0.6 is 0 Å². The first-order valence-corrected chi connectivity index (χ1v) is 15.1. The minimum absolute atomic E-state index is 0.130. The van der Waals surface area contributed by atoms with E-state index in [1.54, 1.807) is 18.2 Å². The van der Waals surface area contributed by atoms with Crippen molar-refractivity contribution in [2.75, 3.05) is 39.3 Å². The maximum atomic E-state index is 13.1. The fourth-order valence-corrected chi connectivity index (χ4v) is 6.00. The number of hydrogen-bond acceptors (Lipinski definition) is 7. The Morgan fingerprint density at radius 2 is 1.43 bits per heavy atom. The van der Waals surface area contributed by atoms with Gasteiger partial charge in [-0.1, -0.05) is 66.7 Å². The first-order valence-electron chi connectivity index (χ1n) is 15.1. The zero-order valence-electron chi connectivity index (χ0n) is 25.2. The van der Waals surface area contributed by atoms with Crippen LogP contribution in [0.5, 0.6) is 17.2 Å². The second kappa shape index (κ2) is 13.5.